The number of rotatable bonds is 2. The van der Waals surface area contributed by atoms with Crippen molar-refractivity contribution in [3.05, 3.63) is 34.3 Å². The van der Waals surface area contributed by atoms with Crippen molar-refractivity contribution in [2.45, 2.75) is 52.5 Å². The fraction of sp³-hybridized carbons (Fsp3) is 0.529. The molecule has 3 heterocycles. The Morgan fingerprint density at radius 2 is 1.91 bits per heavy atom. The van der Waals surface area contributed by atoms with Crippen molar-refractivity contribution >= 4 is 22.6 Å². The number of hydrogen-bond acceptors (Lipinski definition) is 5. The van der Waals surface area contributed by atoms with Gasteiger partial charge in [0.25, 0.3) is 0 Å². The lowest BCUT2D eigenvalue weighted by molar-refractivity contribution is 0.232. The largest absolute Gasteiger partial charge is 0.307 e. The number of hydrogen-bond donors (Lipinski definition) is 0. The monoisotopic (exact) mass is 327 g/mol. The molecule has 1 aliphatic rings. The summed E-state index contributed by atoms with van der Waals surface area (Å²) in [5, 5.41) is 1.13. The molecule has 120 valence electrons. The van der Waals surface area contributed by atoms with Gasteiger partial charge in [-0.05, 0) is 18.3 Å². The van der Waals surface area contributed by atoms with Crippen LogP contribution in [0, 0.1) is 5.41 Å². The van der Waals surface area contributed by atoms with Crippen molar-refractivity contribution in [3.8, 4) is 0 Å². The van der Waals surface area contributed by atoms with E-state index < -0.39 is 0 Å². The van der Waals surface area contributed by atoms with Gasteiger partial charge in [-0.25, -0.2) is 19.9 Å². The molecule has 0 saturated heterocycles. The van der Waals surface area contributed by atoms with Crippen LogP contribution in [0.3, 0.4) is 0 Å². The van der Waals surface area contributed by atoms with E-state index in [9.17, 15) is 0 Å². The second-order valence-corrected chi connectivity index (χ2v) is 8.94. The molecule has 0 aromatic carbocycles. The maximum Gasteiger partial charge on any atom is 0.197 e. The van der Waals surface area contributed by atoms with Crippen molar-refractivity contribution in [1.82, 2.24) is 24.5 Å². The van der Waals surface area contributed by atoms with Crippen LogP contribution in [0.25, 0.3) is 11.3 Å². The van der Waals surface area contributed by atoms with Crippen LogP contribution in [0.1, 0.15) is 49.7 Å². The van der Waals surface area contributed by atoms with Gasteiger partial charge >= 0.3 is 0 Å². The zero-order valence-electron chi connectivity index (χ0n) is 14.0. The molecule has 5 nitrogen and oxygen atoms in total. The van der Waals surface area contributed by atoms with Gasteiger partial charge in [0.15, 0.2) is 11.3 Å². The van der Waals surface area contributed by atoms with E-state index in [1.54, 1.807) is 18.7 Å². The highest BCUT2D eigenvalue weighted by Gasteiger charge is 2.39. The standard InChI is InChI=1S/C17H21N5S/c1-16(2)7-11-13(17(3,4)9-16)23-12(21-11)8-22-10-20-14-15(22)19-6-5-18-14/h5-6,10H,7-9H2,1-4H3. The van der Waals surface area contributed by atoms with Crippen LogP contribution in [-0.2, 0) is 18.4 Å². The van der Waals surface area contributed by atoms with Crippen LogP contribution in [0.2, 0.25) is 0 Å². The molecule has 0 saturated carbocycles. The van der Waals surface area contributed by atoms with Crippen LogP contribution in [0.15, 0.2) is 18.7 Å². The smallest absolute Gasteiger partial charge is 0.197 e. The average Bonchev–Trinajstić information content (AvgIpc) is 3.02. The Kier molecular flexibility index (Phi) is 3.10. The molecule has 3 aromatic rings. The highest BCUT2D eigenvalue weighted by atomic mass is 32.1. The van der Waals surface area contributed by atoms with E-state index in [0.717, 1.165) is 17.1 Å². The maximum absolute atomic E-state index is 4.95. The van der Waals surface area contributed by atoms with E-state index in [-0.39, 0.29) is 5.41 Å². The third kappa shape index (κ3) is 2.55. The first-order chi connectivity index (χ1) is 10.8. The van der Waals surface area contributed by atoms with Crippen LogP contribution in [0.4, 0.5) is 0 Å². The Morgan fingerprint density at radius 3 is 2.74 bits per heavy atom. The minimum atomic E-state index is 0.198. The molecule has 0 amide bonds. The SMILES string of the molecule is CC1(C)Cc2nc(Cn3cnc4nccnc43)sc2C(C)(C)C1. The Bertz CT molecular complexity index is 874. The van der Waals surface area contributed by atoms with Gasteiger partial charge in [-0.15, -0.1) is 11.3 Å². The highest BCUT2D eigenvalue weighted by Crippen LogP contribution is 2.47. The van der Waals surface area contributed by atoms with E-state index in [2.05, 4.69) is 42.6 Å². The third-order valence-electron chi connectivity index (χ3n) is 4.48. The maximum atomic E-state index is 4.95. The zero-order valence-corrected chi connectivity index (χ0v) is 14.8. The van der Waals surface area contributed by atoms with Crippen LogP contribution in [0.5, 0.6) is 0 Å². The van der Waals surface area contributed by atoms with Crippen molar-refractivity contribution in [2.75, 3.05) is 0 Å². The Hall–Kier alpha value is -1.82. The average molecular weight is 327 g/mol. The van der Waals surface area contributed by atoms with Crippen molar-refractivity contribution < 1.29 is 0 Å². The number of nitrogens with zero attached hydrogens (tertiary/aromatic N) is 5. The summed E-state index contributed by atoms with van der Waals surface area (Å²) in [7, 11) is 0. The van der Waals surface area contributed by atoms with E-state index in [0.29, 0.717) is 17.6 Å². The molecule has 0 spiro atoms. The summed E-state index contributed by atoms with van der Waals surface area (Å²) < 4.78 is 2.03. The molecule has 23 heavy (non-hydrogen) atoms. The van der Waals surface area contributed by atoms with Crippen molar-refractivity contribution in [1.29, 1.82) is 0 Å². The van der Waals surface area contributed by atoms with Gasteiger partial charge < -0.3 is 4.57 Å². The molecule has 0 unspecified atom stereocenters. The Morgan fingerprint density at radius 1 is 1.13 bits per heavy atom. The van der Waals surface area contributed by atoms with Gasteiger partial charge in [-0.1, -0.05) is 27.7 Å². The van der Waals surface area contributed by atoms with Crippen molar-refractivity contribution in [3.63, 3.8) is 0 Å². The summed E-state index contributed by atoms with van der Waals surface area (Å²) >= 11 is 1.84. The van der Waals surface area contributed by atoms with Crippen molar-refractivity contribution in [2.24, 2.45) is 5.41 Å². The summed E-state index contributed by atoms with van der Waals surface area (Å²) in [5.41, 5.74) is 3.30. The molecule has 0 fully saturated rings. The first-order valence-electron chi connectivity index (χ1n) is 7.95. The summed E-state index contributed by atoms with van der Waals surface area (Å²) in [6.07, 6.45) is 7.45. The number of aromatic nitrogens is 5. The molecule has 0 aliphatic heterocycles. The third-order valence-corrected chi connectivity index (χ3v) is 5.93. The minimum Gasteiger partial charge on any atom is -0.307 e. The molecule has 0 atom stereocenters. The van der Waals surface area contributed by atoms with Crippen LogP contribution < -0.4 is 0 Å². The topological polar surface area (TPSA) is 56.5 Å². The fourth-order valence-electron chi connectivity index (χ4n) is 3.97. The molecule has 6 heteroatoms. The Balaban J connectivity index is 1.71. The van der Waals surface area contributed by atoms with E-state index >= 15 is 0 Å². The van der Waals surface area contributed by atoms with Gasteiger partial charge in [-0.2, -0.15) is 0 Å². The fourth-order valence-corrected chi connectivity index (χ4v) is 5.15. The second kappa shape index (κ2) is 4.84. The van der Waals surface area contributed by atoms with Gasteiger partial charge in [0.05, 0.1) is 18.6 Å². The molecular formula is C17H21N5S. The van der Waals surface area contributed by atoms with E-state index in [1.165, 1.54) is 17.0 Å². The molecule has 0 bridgehead atoms. The summed E-state index contributed by atoms with van der Waals surface area (Å²) in [4.78, 5) is 19.3. The van der Waals surface area contributed by atoms with E-state index in [4.69, 9.17) is 4.98 Å². The minimum absolute atomic E-state index is 0.198. The summed E-state index contributed by atoms with van der Waals surface area (Å²) in [6, 6.07) is 0. The first kappa shape index (κ1) is 14.8. The first-order valence-corrected chi connectivity index (χ1v) is 8.77. The van der Waals surface area contributed by atoms with Crippen LogP contribution >= 0.6 is 11.3 Å². The zero-order chi connectivity index (χ0) is 16.2. The summed E-state index contributed by atoms with van der Waals surface area (Å²) in [6.45, 7) is 10.1. The number of imidazole rings is 1. The number of thiazole rings is 1. The van der Waals surface area contributed by atoms with Gasteiger partial charge in [0.2, 0.25) is 0 Å². The predicted molar refractivity (Wildman–Crippen MR) is 91.7 cm³/mol. The normalized spacial score (nSPS) is 19.0. The van der Waals surface area contributed by atoms with Gasteiger partial charge in [0, 0.05) is 22.7 Å². The molecule has 3 aromatic heterocycles. The number of fused-ring (bicyclic) bond motifs is 2. The van der Waals surface area contributed by atoms with Crippen LogP contribution in [-0.4, -0.2) is 24.5 Å². The molecular weight excluding hydrogens is 306 g/mol. The molecule has 4 rings (SSSR count). The quantitative estimate of drug-likeness (QED) is 0.722. The predicted octanol–water partition coefficient (Wildman–Crippen LogP) is 3.58. The Labute approximate surface area is 139 Å². The summed E-state index contributed by atoms with van der Waals surface area (Å²) in [5.74, 6) is 0. The lowest BCUT2D eigenvalue weighted by Gasteiger charge is -2.39. The molecule has 0 radical (unpaired) electrons. The van der Waals surface area contributed by atoms with E-state index in [1.807, 2.05) is 15.9 Å². The molecule has 0 N–H and O–H groups in total. The highest BCUT2D eigenvalue weighted by molar-refractivity contribution is 7.11. The lowest BCUT2D eigenvalue weighted by atomic mass is 9.67. The van der Waals surface area contributed by atoms with Gasteiger partial charge in [0.1, 0.15) is 5.01 Å². The molecule has 1 aliphatic carbocycles. The second-order valence-electron chi connectivity index (χ2n) is 7.86. The van der Waals surface area contributed by atoms with Gasteiger partial charge in [-0.3, -0.25) is 0 Å². The lowest BCUT2D eigenvalue weighted by Crippen LogP contribution is -2.33.